The lowest BCUT2D eigenvalue weighted by molar-refractivity contribution is 0.415. The van der Waals surface area contributed by atoms with Crippen LogP contribution in [-0.2, 0) is 16.6 Å². The molecule has 0 N–H and O–H groups in total. The molecule has 112 valence electrons. The molecular formula is C14H14F2N2O2S. The van der Waals surface area contributed by atoms with Crippen LogP contribution in [0, 0.1) is 11.6 Å². The molecule has 0 spiro atoms. The van der Waals surface area contributed by atoms with Crippen LogP contribution in [0.1, 0.15) is 12.5 Å². The summed E-state index contributed by atoms with van der Waals surface area (Å²) < 4.78 is 52.7. The number of rotatable bonds is 5. The van der Waals surface area contributed by atoms with Gasteiger partial charge in [0.1, 0.15) is 5.82 Å². The normalized spacial score (nSPS) is 11.8. The van der Waals surface area contributed by atoms with Gasteiger partial charge >= 0.3 is 0 Å². The van der Waals surface area contributed by atoms with Crippen molar-refractivity contribution in [3.05, 3.63) is 59.8 Å². The van der Waals surface area contributed by atoms with Gasteiger partial charge in [-0.15, -0.1) is 0 Å². The summed E-state index contributed by atoms with van der Waals surface area (Å²) in [4.78, 5) is 3.60. The second kappa shape index (κ2) is 6.28. The fraction of sp³-hybridized carbons (Fsp3) is 0.214. The molecule has 0 amide bonds. The smallest absolute Gasteiger partial charge is 0.241 e. The number of sulfonamides is 1. The van der Waals surface area contributed by atoms with E-state index in [4.69, 9.17) is 0 Å². The van der Waals surface area contributed by atoms with E-state index in [-0.39, 0.29) is 13.1 Å². The summed E-state index contributed by atoms with van der Waals surface area (Å²) in [5.74, 6) is -1.36. The van der Waals surface area contributed by atoms with E-state index in [1.807, 2.05) is 0 Å². The number of pyridine rings is 1. The van der Waals surface area contributed by atoms with E-state index < -0.39 is 26.7 Å². The average Bonchev–Trinajstić information content (AvgIpc) is 2.45. The number of nitrogens with zero attached hydrogens (tertiary/aromatic N) is 2. The van der Waals surface area contributed by atoms with E-state index in [9.17, 15) is 17.2 Å². The number of hydrogen-bond acceptors (Lipinski definition) is 3. The van der Waals surface area contributed by atoms with Gasteiger partial charge in [0.25, 0.3) is 10.0 Å². The molecule has 1 aromatic heterocycles. The van der Waals surface area contributed by atoms with E-state index in [1.165, 1.54) is 30.5 Å². The monoisotopic (exact) mass is 312 g/mol. The van der Waals surface area contributed by atoms with Crippen LogP contribution in [0.2, 0.25) is 0 Å². The highest BCUT2D eigenvalue weighted by atomic mass is 32.2. The van der Waals surface area contributed by atoms with Gasteiger partial charge in [0.15, 0.2) is 5.82 Å². The standard InChI is InChI=1S/C14H14F2N2O2S/c1-2-18(10-11-5-3-6-12(15)9-11)21(19,20)14-13(16)7-4-8-17-14/h3-9H,2,10H2,1H3. The van der Waals surface area contributed by atoms with Gasteiger partial charge in [-0.2, -0.15) is 4.31 Å². The zero-order valence-corrected chi connectivity index (χ0v) is 12.1. The van der Waals surface area contributed by atoms with Gasteiger partial charge in [0.2, 0.25) is 5.03 Å². The third-order valence-corrected chi connectivity index (χ3v) is 4.77. The van der Waals surface area contributed by atoms with Crippen LogP contribution in [0.3, 0.4) is 0 Å². The van der Waals surface area contributed by atoms with Gasteiger partial charge in [0, 0.05) is 19.3 Å². The molecule has 0 aliphatic carbocycles. The van der Waals surface area contributed by atoms with Crippen molar-refractivity contribution < 1.29 is 17.2 Å². The van der Waals surface area contributed by atoms with Crippen LogP contribution in [0.5, 0.6) is 0 Å². The molecule has 0 unspecified atom stereocenters. The first-order valence-corrected chi connectivity index (χ1v) is 7.74. The van der Waals surface area contributed by atoms with E-state index in [0.29, 0.717) is 5.56 Å². The third kappa shape index (κ3) is 3.43. The average molecular weight is 312 g/mol. The lowest BCUT2D eigenvalue weighted by atomic mass is 10.2. The molecule has 2 rings (SSSR count). The maximum atomic E-state index is 13.7. The second-order valence-corrected chi connectivity index (χ2v) is 6.20. The minimum absolute atomic E-state index is 0.0490. The molecule has 21 heavy (non-hydrogen) atoms. The van der Waals surface area contributed by atoms with E-state index in [1.54, 1.807) is 13.0 Å². The zero-order chi connectivity index (χ0) is 15.5. The molecule has 0 bridgehead atoms. The number of hydrogen-bond donors (Lipinski definition) is 0. The van der Waals surface area contributed by atoms with Crippen molar-refractivity contribution in [2.24, 2.45) is 0 Å². The van der Waals surface area contributed by atoms with Gasteiger partial charge in [0.05, 0.1) is 0 Å². The molecule has 7 heteroatoms. The lowest BCUT2D eigenvalue weighted by Crippen LogP contribution is -2.31. The molecule has 0 fully saturated rings. The quantitative estimate of drug-likeness (QED) is 0.852. The number of halogens is 2. The first-order valence-electron chi connectivity index (χ1n) is 6.30. The van der Waals surface area contributed by atoms with E-state index in [2.05, 4.69) is 4.98 Å². The molecule has 0 aliphatic rings. The highest BCUT2D eigenvalue weighted by molar-refractivity contribution is 7.89. The molecular weight excluding hydrogens is 298 g/mol. The summed E-state index contributed by atoms with van der Waals surface area (Å²) in [7, 11) is -4.07. The van der Waals surface area contributed by atoms with Gasteiger partial charge < -0.3 is 0 Å². The third-order valence-electron chi connectivity index (χ3n) is 2.91. The fourth-order valence-electron chi connectivity index (χ4n) is 1.89. The molecule has 2 aromatic rings. The molecule has 1 heterocycles. The van der Waals surface area contributed by atoms with Crippen molar-refractivity contribution in [2.75, 3.05) is 6.54 Å². The van der Waals surface area contributed by atoms with Crippen molar-refractivity contribution in [1.29, 1.82) is 0 Å². The largest absolute Gasteiger partial charge is 0.263 e. The van der Waals surface area contributed by atoms with Crippen molar-refractivity contribution in [3.63, 3.8) is 0 Å². The topological polar surface area (TPSA) is 50.3 Å². The van der Waals surface area contributed by atoms with E-state index >= 15 is 0 Å². The highest BCUT2D eigenvalue weighted by Gasteiger charge is 2.27. The van der Waals surface area contributed by atoms with Crippen LogP contribution in [0.4, 0.5) is 8.78 Å². The Labute approximate surface area is 122 Å². The molecule has 4 nitrogen and oxygen atoms in total. The zero-order valence-electron chi connectivity index (χ0n) is 11.3. The summed E-state index contributed by atoms with van der Waals surface area (Å²) in [6.07, 6.45) is 1.21. The number of benzene rings is 1. The SMILES string of the molecule is CCN(Cc1cccc(F)c1)S(=O)(=O)c1ncccc1F. The Balaban J connectivity index is 2.35. The van der Waals surface area contributed by atoms with Gasteiger partial charge in [-0.1, -0.05) is 19.1 Å². The van der Waals surface area contributed by atoms with Gasteiger partial charge in [-0.3, -0.25) is 0 Å². The van der Waals surface area contributed by atoms with Crippen LogP contribution in [-0.4, -0.2) is 24.3 Å². The van der Waals surface area contributed by atoms with Crippen LogP contribution in [0.25, 0.3) is 0 Å². The first kappa shape index (κ1) is 15.5. The molecule has 0 saturated heterocycles. The Kier molecular flexibility index (Phi) is 4.64. The van der Waals surface area contributed by atoms with Crippen molar-refractivity contribution in [2.45, 2.75) is 18.5 Å². The fourth-order valence-corrected chi connectivity index (χ4v) is 3.30. The molecule has 0 saturated carbocycles. The minimum Gasteiger partial charge on any atom is -0.241 e. The molecule has 0 aliphatic heterocycles. The Bertz CT molecular complexity index is 735. The molecule has 0 radical (unpaired) electrons. The lowest BCUT2D eigenvalue weighted by Gasteiger charge is -2.20. The Hall–Kier alpha value is -1.86. The van der Waals surface area contributed by atoms with Crippen molar-refractivity contribution in [1.82, 2.24) is 9.29 Å². The number of aromatic nitrogens is 1. The molecule has 0 atom stereocenters. The maximum Gasteiger partial charge on any atom is 0.263 e. The predicted octanol–water partition coefficient (Wildman–Crippen LogP) is 2.57. The highest BCUT2D eigenvalue weighted by Crippen LogP contribution is 2.19. The Morgan fingerprint density at radius 3 is 2.57 bits per heavy atom. The Morgan fingerprint density at radius 2 is 1.95 bits per heavy atom. The minimum atomic E-state index is -4.07. The summed E-state index contributed by atoms with van der Waals surface area (Å²) in [5.41, 5.74) is 0.483. The second-order valence-electron chi connectivity index (χ2n) is 4.35. The summed E-state index contributed by atoms with van der Waals surface area (Å²) in [5, 5.41) is -0.622. The first-order chi connectivity index (χ1) is 9.95. The van der Waals surface area contributed by atoms with Gasteiger partial charge in [-0.25, -0.2) is 22.2 Å². The van der Waals surface area contributed by atoms with Gasteiger partial charge in [-0.05, 0) is 29.8 Å². The predicted molar refractivity (Wildman–Crippen MR) is 73.9 cm³/mol. The van der Waals surface area contributed by atoms with Crippen molar-refractivity contribution in [3.8, 4) is 0 Å². The van der Waals surface area contributed by atoms with Crippen LogP contribution < -0.4 is 0 Å². The van der Waals surface area contributed by atoms with Crippen LogP contribution >= 0.6 is 0 Å². The van der Waals surface area contributed by atoms with Crippen molar-refractivity contribution >= 4 is 10.0 Å². The summed E-state index contributed by atoms with van der Waals surface area (Å²) >= 11 is 0. The maximum absolute atomic E-state index is 13.7. The molecule has 1 aromatic carbocycles. The van der Waals surface area contributed by atoms with Crippen LogP contribution in [0.15, 0.2) is 47.6 Å². The van der Waals surface area contributed by atoms with E-state index in [0.717, 1.165) is 10.4 Å². The summed E-state index contributed by atoms with van der Waals surface area (Å²) in [6, 6.07) is 7.97. The Morgan fingerprint density at radius 1 is 1.19 bits per heavy atom. The summed E-state index contributed by atoms with van der Waals surface area (Å²) in [6.45, 7) is 1.69.